The third-order valence-electron chi connectivity index (χ3n) is 2.71. The number of nitrogens with zero attached hydrogens (tertiary/aromatic N) is 1. The maximum Gasteiger partial charge on any atom is 0.245 e. The predicted octanol–water partition coefficient (Wildman–Crippen LogP) is 0.690. The summed E-state index contributed by atoms with van der Waals surface area (Å²) in [6, 6.07) is 0. The Morgan fingerprint density at radius 3 is 2.93 bits per heavy atom. The van der Waals surface area contributed by atoms with Crippen molar-refractivity contribution in [3.8, 4) is 0 Å². The minimum Gasteiger partial charge on any atom is -0.352 e. The van der Waals surface area contributed by atoms with Crippen molar-refractivity contribution in [1.82, 2.24) is 10.2 Å². The summed E-state index contributed by atoms with van der Waals surface area (Å²) in [5.74, 6) is -0.0598. The highest BCUT2D eigenvalue weighted by Gasteiger charge is 2.39. The van der Waals surface area contributed by atoms with Gasteiger partial charge in [0.25, 0.3) is 0 Å². The molecule has 0 aromatic heterocycles. The highest BCUT2D eigenvalue weighted by molar-refractivity contribution is 5.91. The van der Waals surface area contributed by atoms with Crippen molar-refractivity contribution in [3.05, 3.63) is 12.7 Å². The summed E-state index contributed by atoms with van der Waals surface area (Å²) in [6.45, 7) is 8.26. The first kappa shape index (κ1) is 11.8. The summed E-state index contributed by atoms with van der Waals surface area (Å²) in [6.07, 6.45) is 2.81. The molecule has 0 atom stereocenters. The first-order valence-corrected chi connectivity index (χ1v) is 5.20. The number of hydrogen-bond acceptors (Lipinski definition) is 2. The van der Waals surface area contributed by atoms with Gasteiger partial charge < -0.3 is 10.2 Å². The van der Waals surface area contributed by atoms with Gasteiger partial charge in [-0.15, -0.1) is 6.58 Å². The summed E-state index contributed by atoms with van der Waals surface area (Å²) < 4.78 is 0. The van der Waals surface area contributed by atoms with Crippen LogP contribution in [0.1, 0.15) is 26.7 Å². The van der Waals surface area contributed by atoms with Crippen LogP contribution in [0.15, 0.2) is 12.7 Å². The van der Waals surface area contributed by atoms with Crippen LogP contribution in [0.2, 0.25) is 0 Å². The van der Waals surface area contributed by atoms with E-state index in [1.807, 2.05) is 0 Å². The maximum atomic E-state index is 11.8. The number of rotatable bonds is 3. The van der Waals surface area contributed by atoms with Crippen molar-refractivity contribution in [2.75, 3.05) is 13.1 Å². The lowest BCUT2D eigenvalue weighted by Crippen LogP contribution is -2.63. The molecule has 1 aliphatic heterocycles. The van der Waals surface area contributed by atoms with Gasteiger partial charge in [0, 0.05) is 19.5 Å². The normalized spacial score (nSPS) is 19.6. The van der Waals surface area contributed by atoms with Crippen molar-refractivity contribution in [3.63, 3.8) is 0 Å². The molecule has 0 unspecified atom stereocenters. The van der Waals surface area contributed by atoms with E-state index in [2.05, 4.69) is 11.9 Å². The molecule has 84 valence electrons. The molecule has 1 saturated heterocycles. The van der Waals surface area contributed by atoms with Crippen LogP contribution in [0, 0.1) is 0 Å². The Kier molecular flexibility index (Phi) is 3.50. The molecule has 2 amide bonds. The van der Waals surface area contributed by atoms with Gasteiger partial charge in [-0.1, -0.05) is 6.08 Å². The lowest BCUT2D eigenvalue weighted by Gasteiger charge is -2.41. The summed E-state index contributed by atoms with van der Waals surface area (Å²) in [5, 5.41) is 2.76. The van der Waals surface area contributed by atoms with Crippen molar-refractivity contribution in [2.45, 2.75) is 32.2 Å². The average molecular weight is 210 g/mol. The van der Waals surface area contributed by atoms with Gasteiger partial charge in [-0.2, -0.15) is 0 Å². The van der Waals surface area contributed by atoms with Crippen LogP contribution in [0.4, 0.5) is 0 Å². The zero-order valence-electron chi connectivity index (χ0n) is 9.38. The number of allylic oxidation sites excluding steroid dienone is 1. The molecular formula is C11H18N2O2. The van der Waals surface area contributed by atoms with E-state index in [1.165, 1.54) is 0 Å². The molecule has 0 bridgehead atoms. The Bertz CT molecular complexity index is 284. The predicted molar refractivity (Wildman–Crippen MR) is 58.2 cm³/mol. The molecule has 0 aliphatic carbocycles. The Morgan fingerprint density at radius 1 is 1.67 bits per heavy atom. The molecule has 0 aromatic carbocycles. The summed E-state index contributed by atoms with van der Waals surface area (Å²) in [5.41, 5.74) is -0.726. The van der Waals surface area contributed by atoms with Crippen molar-refractivity contribution < 1.29 is 9.59 Å². The van der Waals surface area contributed by atoms with Crippen LogP contribution in [-0.4, -0.2) is 35.3 Å². The minimum absolute atomic E-state index is 0.0229. The van der Waals surface area contributed by atoms with Gasteiger partial charge in [-0.25, -0.2) is 0 Å². The first-order chi connectivity index (χ1) is 7.00. The van der Waals surface area contributed by atoms with Crippen molar-refractivity contribution in [2.24, 2.45) is 0 Å². The van der Waals surface area contributed by atoms with Gasteiger partial charge in [-0.05, 0) is 20.3 Å². The van der Waals surface area contributed by atoms with Gasteiger partial charge in [0.2, 0.25) is 11.8 Å². The molecule has 0 saturated carbocycles. The topological polar surface area (TPSA) is 49.4 Å². The van der Waals surface area contributed by atoms with Gasteiger partial charge >= 0.3 is 0 Å². The van der Waals surface area contributed by atoms with Crippen LogP contribution in [-0.2, 0) is 9.59 Å². The molecule has 1 heterocycles. The quantitative estimate of drug-likeness (QED) is 0.697. The molecule has 1 fully saturated rings. The van der Waals surface area contributed by atoms with E-state index >= 15 is 0 Å². The zero-order chi connectivity index (χ0) is 11.5. The second kappa shape index (κ2) is 4.47. The van der Waals surface area contributed by atoms with Gasteiger partial charge in [-0.3, -0.25) is 9.59 Å². The van der Waals surface area contributed by atoms with E-state index < -0.39 is 5.54 Å². The molecule has 0 aromatic rings. The second-order valence-corrected chi connectivity index (χ2v) is 4.19. The van der Waals surface area contributed by atoms with E-state index in [-0.39, 0.29) is 11.8 Å². The molecular weight excluding hydrogens is 192 g/mol. The fourth-order valence-electron chi connectivity index (χ4n) is 1.70. The number of carbonyl (C=O) groups excluding carboxylic acids is 2. The number of amides is 2. The van der Waals surface area contributed by atoms with E-state index in [9.17, 15) is 9.59 Å². The number of nitrogens with one attached hydrogen (secondary N) is 1. The molecule has 1 N–H and O–H groups in total. The molecule has 4 heteroatoms. The molecule has 15 heavy (non-hydrogen) atoms. The lowest BCUT2D eigenvalue weighted by atomic mass is 9.98. The Morgan fingerprint density at radius 2 is 2.33 bits per heavy atom. The number of piperazine rings is 1. The first-order valence-electron chi connectivity index (χ1n) is 5.20. The third kappa shape index (κ3) is 2.37. The Balaban J connectivity index is 2.70. The van der Waals surface area contributed by atoms with Crippen molar-refractivity contribution in [1.29, 1.82) is 0 Å². The Hall–Kier alpha value is -1.32. The third-order valence-corrected chi connectivity index (χ3v) is 2.71. The van der Waals surface area contributed by atoms with Crippen LogP contribution in [0.25, 0.3) is 0 Å². The number of carbonyl (C=O) groups is 2. The molecule has 1 rings (SSSR count). The summed E-state index contributed by atoms with van der Waals surface area (Å²) >= 11 is 0. The fraction of sp³-hybridized carbons (Fsp3) is 0.636. The standard InChI is InChI=1S/C11H18N2O2/c1-4-5-6-9(14)13-8-7-12-10(15)11(13,2)3/h4H,1,5-8H2,2-3H3,(H,12,15). The van der Waals surface area contributed by atoms with Crippen molar-refractivity contribution >= 4 is 11.8 Å². The number of hydrogen-bond donors (Lipinski definition) is 1. The zero-order valence-corrected chi connectivity index (χ0v) is 9.38. The summed E-state index contributed by atoms with van der Waals surface area (Å²) in [4.78, 5) is 25.0. The molecule has 0 radical (unpaired) electrons. The van der Waals surface area contributed by atoms with Crippen LogP contribution < -0.4 is 5.32 Å². The highest BCUT2D eigenvalue weighted by Crippen LogP contribution is 2.19. The smallest absolute Gasteiger partial charge is 0.245 e. The molecule has 4 nitrogen and oxygen atoms in total. The van der Waals surface area contributed by atoms with E-state index in [1.54, 1.807) is 24.8 Å². The van der Waals surface area contributed by atoms with E-state index in [0.717, 1.165) is 0 Å². The van der Waals surface area contributed by atoms with Crippen LogP contribution in [0.3, 0.4) is 0 Å². The average Bonchev–Trinajstić information content (AvgIpc) is 2.18. The SMILES string of the molecule is C=CCCC(=O)N1CCNC(=O)C1(C)C. The summed E-state index contributed by atoms with van der Waals surface area (Å²) in [7, 11) is 0. The largest absolute Gasteiger partial charge is 0.352 e. The molecule has 0 spiro atoms. The highest BCUT2D eigenvalue weighted by atomic mass is 16.2. The monoisotopic (exact) mass is 210 g/mol. The van der Waals surface area contributed by atoms with Crippen LogP contribution >= 0.6 is 0 Å². The molecule has 1 aliphatic rings. The van der Waals surface area contributed by atoms with Gasteiger partial charge in [0.05, 0.1) is 0 Å². The van der Waals surface area contributed by atoms with Gasteiger partial charge in [0.15, 0.2) is 0 Å². The lowest BCUT2D eigenvalue weighted by molar-refractivity contribution is -0.149. The Labute approximate surface area is 90.3 Å². The van der Waals surface area contributed by atoms with Gasteiger partial charge in [0.1, 0.15) is 5.54 Å². The second-order valence-electron chi connectivity index (χ2n) is 4.19. The van der Waals surface area contributed by atoms with E-state index in [4.69, 9.17) is 0 Å². The minimum atomic E-state index is -0.726. The van der Waals surface area contributed by atoms with E-state index in [0.29, 0.717) is 25.9 Å². The maximum absolute atomic E-state index is 11.8. The fourth-order valence-corrected chi connectivity index (χ4v) is 1.70. The van der Waals surface area contributed by atoms with Crippen LogP contribution in [0.5, 0.6) is 0 Å².